The fourth-order valence-corrected chi connectivity index (χ4v) is 1.67. The molecule has 0 aliphatic heterocycles. The van der Waals surface area contributed by atoms with Crippen molar-refractivity contribution >= 4 is 23.2 Å². The van der Waals surface area contributed by atoms with Crippen molar-refractivity contribution in [3.8, 4) is 11.6 Å². The van der Waals surface area contributed by atoms with Crippen LogP contribution in [-0.2, 0) is 6.61 Å². The Hall–Kier alpha value is -1.29. The van der Waals surface area contributed by atoms with Crippen LogP contribution in [0.25, 0.3) is 0 Å². The molecule has 0 atom stereocenters. The largest absolute Gasteiger partial charge is 0.438 e. The van der Waals surface area contributed by atoms with E-state index in [9.17, 15) is 0 Å². The lowest BCUT2D eigenvalue weighted by Gasteiger charge is -2.06. The highest BCUT2D eigenvalue weighted by atomic mass is 35.5. The lowest BCUT2D eigenvalue weighted by Crippen LogP contribution is -1.89. The first-order valence-electron chi connectivity index (χ1n) is 4.88. The van der Waals surface area contributed by atoms with Gasteiger partial charge >= 0.3 is 0 Å². The van der Waals surface area contributed by atoms with Gasteiger partial charge in [0.2, 0.25) is 5.88 Å². The van der Waals surface area contributed by atoms with Crippen molar-refractivity contribution in [1.82, 2.24) is 4.98 Å². The average Bonchev–Trinajstić information content (AvgIpc) is 2.34. The van der Waals surface area contributed by atoms with Gasteiger partial charge in [0, 0.05) is 6.20 Å². The van der Waals surface area contributed by atoms with Gasteiger partial charge in [0.05, 0.1) is 11.6 Å². The summed E-state index contributed by atoms with van der Waals surface area (Å²) in [5.41, 5.74) is 0.813. The van der Waals surface area contributed by atoms with Crippen LogP contribution in [0.3, 0.4) is 0 Å². The molecule has 1 N–H and O–H groups in total. The highest BCUT2D eigenvalue weighted by Gasteiger charge is 2.05. The molecule has 1 aromatic heterocycles. The zero-order valence-corrected chi connectivity index (χ0v) is 10.2. The van der Waals surface area contributed by atoms with E-state index < -0.39 is 0 Å². The maximum atomic E-state index is 8.90. The molecule has 0 saturated carbocycles. The Kier molecular flexibility index (Phi) is 3.84. The maximum absolute atomic E-state index is 8.90. The highest BCUT2D eigenvalue weighted by Crippen LogP contribution is 2.28. The fourth-order valence-electron chi connectivity index (χ4n) is 1.25. The Balaban J connectivity index is 2.19. The summed E-state index contributed by atoms with van der Waals surface area (Å²) in [4.78, 5) is 3.98. The van der Waals surface area contributed by atoms with Gasteiger partial charge in [-0.1, -0.05) is 35.3 Å². The SMILES string of the molecule is OCc1ccc(Oc2ncc(Cl)cc2Cl)cc1. The van der Waals surface area contributed by atoms with Gasteiger partial charge < -0.3 is 9.84 Å². The molecule has 0 fully saturated rings. The number of pyridine rings is 1. The molecule has 2 aromatic rings. The van der Waals surface area contributed by atoms with Crippen molar-refractivity contribution in [3.05, 3.63) is 52.1 Å². The molecule has 0 aliphatic carbocycles. The minimum Gasteiger partial charge on any atom is -0.438 e. The van der Waals surface area contributed by atoms with Gasteiger partial charge in [0.15, 0.2) is 0 Å². The quantitative estimate of drug-likeness (QED) is 0.925. The third-order valence-corrected chi connectivity index (χ3v) is 2.57. The molecule has 0 amide bonds. The molecule has 0 bridgehead atoms. The van der Waals surface area contributed by atoms with E-state index in [1.165, 1.54) is 6.20 Å². The first kappa shape index (κ1) is 12.2. The molecule has 1 heterocycles. The summed E-state index contributed by atoms with van der Waals surface area (Å²) in [6.45, 7) is 0.000229. The van der Waals surface area contributed by atoms with Crippen molar-refractivity contribution in [2.45, 2.75) is 6.61 Å². The van der Waals surface area contributed by atoms with Crippen LogP contribution in [0.1, 0.15) is 5.56 Å². The fraction of sp³-hybridized carbons (Fsp3) is 0.0833. The monoisotopic (exact) mass is 269 g/mol. The number of hydrogen-bond acceptors (Lipinski definition) is 3. The number of benzene rings is 1. The van der Waals surface area contributed by atoms with Gasteiger partial charge in [-0.15, -0.1) is 0 Å². The van der Waals surface area contributed by atoms with Crippen LogP contribution in [0.15, 0.2) is 36.5 Å². The third-order valence-electron chi connectivity index (χ3n) is 2.09. The van der Waals surface area contributed by atoms with Gasteiger partial charge in [0.25, 0.3) is 0 Å². The number of halogens is 2. The van der Waals surface area contributed by atoms with Gasteiger partial charge in [-0.2, -0.15) is 0 Å². The molecular formula is C12H9Cl2NO2. The van der Waals surface area contributed by atoms with Gasteiger partial charge in [-0.3, -0.25) is 0 Å². The van der Waals surface area contributed by atoms with Gasteiger partial charge in [-0.05, 0) is 23.8 Å². The molecular weight excluding hydrogens is 261 g/mol. The molecule has 0 radical (unpaired) electrons. The van der Waals surface area contributed by atoms with Crippen molar-refractivity contribution in [2.75, 3.05) is 0 Å². The standard InChI is InChI=1S/C12H9Cl2NO2/c13-9-5-11(14)12(15-6-9)17-10-3-1-8(7-16)2-4-10/h1-6,16H,7H2. The Labute approximate surface area is 109 Å². The number of aromatic nitrogens is 1. The maximum Gasteiger partial charge on any atom is 0.238 e. The topological polar surface area (TPSA) is 42.4 Å². The van der Waals surface area contributed by atoms with E-state index in [2.05, 4.69) is 4.98 Å². The van der Waals surface area contributed by atoms with Crippen molar-refractivity contribution in [1.29, 1.82) is 0 Å². The van der Waals surface area contributed by atoms with E-state index in [1.54, 1.807) is 30.3 Å². The van der Waals surface area contributed by atoms with Gasteiger partial charge in [0.1, 0.15) is 10.8 Å². The molecule has 0 unspecified atom stereocenters. The second kappa shape index (κ2) is 5.36. The van der Waals surface area contributed by atoms with E-state index >= 15 is 0 Å². The van der Waals surface area contributed by atoms with Crippen LogP contribution >= 0.6 is 23.2 Å². The number of ether oxygens (including phenoxy) is 1. The highest BCUT2D eigenvalue weighted by molar-refractivity contribution is 6.35. The second-order valence-corrected chi connectivity index (χ2v) is 4.19. The summed E-state index contributed by atoms with van der Waals surface area (Å²) in [5, 5.41) is 9.71. The smallest absolute Gasteiger partial charge is 0.238 e. The Bertz CT molecular complexity index is 514. The predicted octanol–water partition coefficient (Wildman–Crippen LogP) is 3.67. The van der Waals surface area contributed by atoms with E-state index in [4.69, 9.17) is 33.0 Å². The number of aliphatic hydroxyl groups is 1. The molecule has 2 rings (SSSR count). The first-order valence-corrected chi connectivity index (χ1v) is 5.63. The van der Waals surface area contributed by atoms with Crippen LogP contribution in [0.4, 0.5) is 0 Å². The normalized spacial score (nSPS) is 10.3. The molecule has 0 saturated heterocycles. The van der Waals surface area contributed by atoms with Crippen LogP contribution in [0.2, 0.25) is 10.0 Å². The van der Waals surface area contributed by atoms with Crippen molar-refractivity contribution in [3.63, 3.8) is 0 Å². The Morgan fingerprint density at radius 3 is 2.47 bits per heavy atom. The van der Waals surface area contributed by atoms with E-state index in [1.807, 2.05) is 0 Å². The van der Waals surface area contributed by atoms with Crippen molar-refractivity contribution in [2.24, 2.45) is 0 Å². The molecule has 17 heavy (non-hydrogen) atoms. The molecule has 3 nitrogen and oxygen atoms in total. The molecule has 0 aliphatic rings. The lowest BCUT2D eigenvalue weighted by molar-refractivity contribution is 0.281. The zero-order valence-electron chi connectivity index (χ0n) is 8.73. The minimum absolute atomic E-state index is 0.000229. The first-order chi connectivity index (χ1) is 8.19. The average molecular weight is 270 g/mol. The summed E-state index contributed by atoms with van der Waals surface area (Å²) in [5.74, 6) is 0.895. The number of aliphatic hydroxyl groups excluding tert-OH is 1. The van der Waals surface area contributed by atoms with E-state index in [0.717, 1.165) is 5.56 Å². The van der Waals surface area contributed by atoms with Crippen LogP contribution in [0.5, 0.6) is 11.6 Å². The predicted molar refractivity (Wildman–Crippen MR) is 66.7 cm³/mol. The summed E-state index contributed by atoms with van der Waals surface area (Å²) < 4.78 is 5.48. The van der Waals surface area contributed by atoms with E-state index in [-0.39, 0.29) is 6.61 Å². The van der Waals surface area contributed by atoms with Crippen LogP contribution in [-0.4, -0.2) is 10.1 Å². The Morgan fingerprint density at radius 2 is 1.88 bits per heavy atom. The van der Waals surface area contributed by atoms with Crippen molar-refractivity contribution < 1.29 is 9.84 Å². The third kappa shape index (κ3) is 3.09. The molecule has 88 valence electrons. The lowest BCUT2D eigenvalue weighted by atomic mass is 10.2. The Morgan fingerprint density at radius 1 is 1.18 bits per heavy atom. The van der Waals surface area contributed by atoms with Gasteiger partial charge in [-0.25, -0.2) is 4.98 Å². The molecule has 0 spiro atoms. The minimum atomic E-state index is 0.000229. The number of hydrogen-bond donors (Lipinski definition) is 1. The summed E-state index contributed by atoms with van der Waals surface area (Å²) in [6, 6.07) is 8.56. The van der Waals surface area contributed by atoms with E-state index in [0.29, 0.717) is 21.7 Å². The number of nitrogens with zero attached hydrogens (tertiary/aromatic N) is 1. The van der Waals surface area contributed by atoms with Crippen LogP contribution in [0, 0.1) is 0 Å². The second-order valence-electron chi connectivity index (χ2n) is 3.34. The molecule has 1 aromatic carbocycles. The summed E-state index contributed by atoms with van der Waals surface area (Å²) >= 11 is 11.7. The summed E-state index contributed by atoms with van der Waals surface area (Å²) in [7, 11) is 0. The molecule has 5 heteroatoms. The summed E-state index contributed by atoms with van der Waals surface area (Å²) in [6.07, 6.45) is 1.46. The zero-order chi connectivity index (χ0) is 12.3. The van der Waals surface area contributed by atoms with Crippen LogP contribution < -0.4 is 4.74 Å². The number of rotatable bonds is 3.